The highest BCUT2D eigenvalue weighted by Crippen LogP contribution is 2.31. The van der Waals surface area contributed by atoms with Gasteiger partial charge in [0, 0.05) is 0 Å². The van der Waals surface area contributed by atoms with Gasteiger partial charge in [0.25, 0.3) is 0 Å². The van der Waals surface area contributed by atoms with Crippen molar-refractivity contribution in [1.82, 2.24) is 4.98 Å². The Morgan fingerprint density at radius 3 is 2.58 bits per heavy atom. The van der Waals surface area contributed by atoms with E-state index < -0.39 is 17.8 Å². The summed E-state index contributed by atoms with van der Waals surface area (Å²) in [5, 5.41) is 12.1. The second kappa shape index (κ2) is 6.02. The van der Waals surface area contributed by atoms with E-state index in [2.05, 4.69) is 10.3 Å². The minimum atomic E-state index is -0.904. The van der Waals surface area contributed by atoms with E-state index in [1.54, 1.807) is 18.2 Å². The summed E-state index contributed by atoms with van der Waals surface area (Å²) in [7, 11) is 0. The molecule has 0 aliphatic heterocycles. The van der Waals surface area contributed by atoms with Gasteiger partial charge in [0.15, 0.2) is 0 Å². The van der Waals surface area contributed by atoms with Crippen LogP contribution in [-0.2, 0) is 9.59 Å². The summed E-state index contributed by atoms with van der Waals surface area (Å²) in [6.07, 6.45) is 2.89. The van der Waals surface area contributed by atoms with Gasteiger partial charge in [0.2, 0.25) is 5.91 Å². The summed E-state index contributed by atoms with van der Waals surface area (Å²) in [4.78, 5) is 27.3. The Hall–Kier alpha value is -1.62. The maximum absolute atomic E-state index is 12.1. The first kappa shape index (κ1) is 13.8. The quantitative estimate of drug-likeness (QED) is 0.835. The Bertz CT molecular complexity index is 493. The highest BCUT2D eigenvalue weighted by Gasteiger charge is 2.35. The SMILES string of the molecule is O=C(O)C1CCCCC1C(=O)Nc1cccc(Cl)n1. The molecule has 0 spiro atoms. The third-order valence-corrected chi connectivity index (χ3v) is 3.60. The molecule has 5 nitrogen and oxygen atoms in total. The number of aromatic nitrogens is 1. The predicted molar refractivity (Wildman–Crippen MR) is 71.0 cm³/mol. The molecule has 1 aromatic heterocycles. The lowest BCUT2D eigenvalue weighted by Gasteiger charge is -2.27. The molecule has 102 valence electrons. The van der Waals surface area contributed by atoms with Crippen LogP contribution in [0.1, 0.15) is 25.7 Å². The number of nitrogens with one attached hydrogen (secondary N) is 1. The van der Waals surface area contributed by atoms with Crippen molar-refractivity contribution in [3.8, 4) is 0 Å². The summed E-state index contributed by atoms with van der Waals surface area (Å²) in [5.74, 6) is -1.94. The second-order valence-electron chi connectivity index (χ2n) is 4.67. The van der Waals surface area contributed by atoms with Crippen LogP contribution in [0.2, 0.25) is 5.15 Å². The minimum absolute atomic E-state index is 0.288. The number of carbonyl (C=O) groups excluding carboxylic acids is 1. The fourth-order valence-corrected chi connectivity index (χ4v) is 2.60. The first-order chi connectivity index (χ1) is 9.08. The molecular formula is C13H15ClN2O3. The van der Waals surface area contributed by atoms with Gasteiger partial charge in [-0.25, -0.2) is 4.98 Å². The monoisotopic (exact) mass is 282 g/mol. The lowest BCUT2D eigenvalue weighted by Crippen LogP contribution is -2.36. The fraction of sp³-hybridized carbons (Fsp3) is 0.462. The van der Waals surface area contributed by atoms with Gasteiger partial charge in [-0.05, 0) is 25.0 Å². The van der Waals surface area contributed by atoms with Crippen molar-refractivity contribution < 1.29 is 14.7 Å². The normalized spacial score (nSPS) is 22.8. The van der Waals surface area contributed by atoms with Gasteiger partial charge in [-0.2, -0.15) is 0 Å². The average Bonchev–Trinajstić information content (AvgIpc) is 2.38. The zero-order chi connectivity index (χ0) is 13.8. The Morgan fingerprint density at radius 2 is 1.95 bits per heavy atom. The van der Waals surface area contributed by atoms with Gasteiger partial charge in [-0.1, -0.05) is 30.5 Å². The number of hydrogen-bond donors (Lipinski definition) is 2. The maximum atomic E-state index is 12.1. The zero-order valence-electron chi connectivity index (χ0n) is 10.3. The lowest BCUT2D eigenvalue weighted by molar-refractivity contribution is -0.147. The lowest BCUT2D eigenvalue weighted by atomic mass is 9.79. The van der Waals surface area contributed by atoms with E-state index in [1.165, 1.54) is 0 Å². The number of carbonyl (C=O) groups is 2. The second-order valence-corrected chi connectivity index (χ2v) is 5.06. The Balaban J connectivity index is 2.07. The van der Waals surface area contributed by atoms with Crippen LogP contribution < -0.4 is 5.32 Å². The van der Waals surface area contributed by atoms with Gasteiger partial charge < -0.3 is 10.4 Å². The van der Waals surface area contributed by atoms with Crippen molar-refractivity contribution in [2.24, 2.45) is 11.8 Å². The molecule has 0 radical (unpaired) electrons. The molecule has 2 atom stereocenters. The smallest absolute Gasteiger partial charge is 0.307 e. The minimum Gasteiger partial charge on any atom is -0.481 e. The zero-order valence-corrected chi connectivity index (χ0v) is 11.1. The number of aliphatic carboxylic acids is 1. The highest BCUT2D eigenvalue weighted by atomic mass is 35.5. The van der Waals surface area contributed by atoms with E-state index in [9.17, 15) is 9.59 Å². The topological polar surface area (TPSA) is 79.3 Å². The number of nitrogens with zero attached hydrogens (tertiary/aromatic N) is 1. The Labute approximate surface area is 116 Å². The molecule has 1 aliphatic carbocycles. The van der Waals surface area contributed by atoms with Crippen LogP contribution >= 0.6 is 11.6 Å². The third-order valence-electron chi connectivity index (χ3n) is 3.39. The summed E-state index contributed by atoms with van der Waals surface area (Å²) < 4.78 is 0. The van der Waals surface area contributed by atoms with Crippen molar-refractivity contribution in [2.45, 2.75) is 25.7 Å². The van der Waals surface area contributed by atoms with E-state index in [-0.39, 0.29) is 11.1 Å². The predicted octanol–water partition coefficient (Wildman–Crippen LogP) is 2.56. The molecular weight excluding hydrogens is 268 g/mol. The summed E-state index contributed by atoms with van der Waals surface area (Å²) >= 11 is 5.74. The number of anilines is 1. The molecule has 1 fully saturated rings. The summed E-state index contributed by atoms with van der Waals surface area (Å²) in [6.45, 7) is 0. The molecule has 2 rings (SSSR count). The number of halogens is 1. The molecule has 2 unspecified atom stereocenters. The standard InChI is InChI=1S/C13H15ClN2O3/c14-10-6-3-7-11(15-10)16-12(17)8-4-1-2-5-9(8)13(18)19/h3,6-9H,1-2,4-5H2,(H,18,19)(H,15,16,17). The molecule has 2 N–H and O–H groups in total. The summed E-state index contributed by atoms with van der Waals surface area (Å²) in [5.41, 5.74) is 0. The molecule has 1 saturated carbocycles. The van der Waals surface area contributed by atoms with Crippen molar-refractivity contribution in [1.29, 1.82) is 0 Å². The van der Waals surface area contributed by atoms with Crippen LogP contribution in [0.15, 0.2) is 18.2 Å². The largest absolute Gasteiger partial charge is 0.481 e. The Morgan fingerprint density at radius 1 is 1.26 bits per heavy atom. The number of hydrogen-bond acceptors (Lipinski definition) is 3. The average molecular weight is 283 g/mol. The van der Waals surface area contributed by atoms with Crippen LogP contribution in [0.25, 0.3) is 0 Å². The van der Waals surface area contributed by atoms with Crippen molar-refractivity contribution in [2.75, 3.05) is 5.32 Å². The van der Waals surface area contributed by atoms with E-state index in [0.717, 1.165) is 12.8 Å². The summed E-state index contributed by atoms with van der Waals surface area (Å²) in [6, 6.07) is 4.92. The molecule has 6 heteroatoms. The van der Waals surface area contributed by atoms with E-state index >= 15 is 0 Å². The number of amides is 1. The first-order valence-electron chi connectivity index (χ1n) is 6.24. The first-order valence-corrected chi connectivity index (χ1v) is 6.62. The van der Waals surface area contributed by atoms with Crippen molar-refractivity contribution >= 4 is 29.3 Å². The molecule has 1 aliphatic rings. The van der Waals surface area contributed by atoms with Gasteiger partial charge in [-0.15, -0.1) is 0 Å². The molecule has 0 saturated heterocycles. The van der Waals surface area contributed by atoms with Gasteiger partial charge in [0.1, 0.15) is 11.0 Å². The molecule has 1 heterocycles. The number of carboxylic acids is 1. The van der Waals surface area contributed by atoms with Crippen LogP contribution in [-0.4, -0.2) is 22.0 Å². The maximum Gasteiger partial charge on any atom is 0.307 e. The van der Waals surface area contributed by atoms with E-state index in [4.69, 9.17) is 16.7 Å². The number of pyridine rings is 1. The van der Waals surface area contributed by atoms with Crippen LogP contribution in [0.4, 0.5) is 5.82 Å². The van der Waals surface area contributed by atoms with Gasteiger partial charge >= 0.3 is 5.97 Å². The van der Waals surface area contributed by atoms with Crippen LogP contribution in [0, 0.1) is 11.8 Å². The molecule has 1 aromatic rings. The van der Waals surface area contributed by atoms with Crippen LogP contribution in [0.3, 0.4) is 0 Å². The van der Waals surface area contributed by atoms with Gasteiger partial charge in [-0.3, -0.25) is 9.59 Å². The van der Waals surface area contributed by atoms with E-state index in [1.807, 2.05) is 0 Å². The third kappa shape index (κ3) is 3.44. The Kier molecular flexibility index (Phi) is 4.37. The van der Waals surface area contributed by atoms with Crippen LogP contribution in [0.5, 0.6) is 0 Å². The fourth-order valence-electron chi connectivity index (χ4n) is 2.44. The molecule has 0 bridgehead atoms. The number of carboxylic acid groups (broad SMARTS) is 1. The van der Waals surface area contributed by atoms with Gasteiger partial charge in [0.05, 0.1) is 11.8 Å². The van der Waals surface area contributed by atoms with E-state index in [0.29, 0.717) is 18.7 Å². The van der Waals surface area contributed by atoms with Crippen molar-refractivity contribution in [3.63, 3.8) is 0 Å². The molecule has 19 heavy (non-hydrogen) atoms. The van der Waals surface area contributed by atoms with Crippen molar-refractivity contribution in [3.05, 3.63) is 23.4 Å². The number of rotatable bonds is 3. The molecule has 0 aromatic carbocycles. The molecule has 1 amide bonds. The highest BCUT2D eigenvalue weighted by molar-refractivity contribution is 6.29.